The molecule has 7 N–H and O–H groups in total. The van der Waals surface area contributed by atoms with Gasteiger partial charge in [0.2, 0.25) is 5.95 Å². The Morgan fingerprint density at radius 2 is 1.74 bits per heavy atom. The number of anilines is 4. The summed E-state index contributed by atoms with van der Waals surface area (Å²) in [7, 11) is 0. The second kappa shape index (κ2) is 8.95. The van der Waals surface area contributed by atoms with Crippen LogP contribution in [0.4, 0.5) is 23.1 Å². The molecule has 8 nitrogen and oxygen atoms in total. The molecule has 0 saturated heterocycles. The van der Waals surface area contributed by atoms with Crippen molar-refractivity contribution in [3.63, 3.8) is 0 Å². The summed E-state index contributed by atoms with van der Waals surface area (Å²) < 4.78 is 0. The summed E-state index contributed by atoms with van der Waals surface area (Å²) >= 11 is 0. The van der Waals surface area contributed by atoms with Gasteiger partial charge in [-0.1, -0.05) is 24.3 Å². The van der Waals surface area contributed by atoms with E-state index < -0.39 is 0 Å². The minimum Gasteiger partial charge on any atom is -0.340 e. The third-order valence-corrected chi connectivity index (χ3v) is 4.98. The van der Waals surface area contributed by atoms with Gasteiger partial charge in [-0.25, -0.2) is 4.98 Å². The highest BCUT2D eigenvalue weighted by atomic mass is 15.2. The Labute approximate surface area is 180 Å². The van der Waals surface area contributed by atoms with Crippen molar-refractivity contribution in [2.75, 3.05) is 17.2 Å². The molecule has 0 bridgehead atoms. The molecule has 0 aliphatic rings. The van der Waals surface area contributed by atoms with E-state index in [0.717, 1.165) is 39.1 Å². The number of nitrogens with zero attached hydrogens (tertiary/aromatic N) is 3. The normalized spacial score (nSPS) is 11.4. The van der Waals surface area contributed by atoms with E-state index in [1.165, 1.54) is 0 Å². The van der Waals surface area contributed by atoms with Crippen LogP contribution in [0, 0.1) is 13.8 Å². The summed E-state index contributed by atoms with van der Waals surface area (Å²) in [5.74, 6) is 1.11. The molecule has 4 rings (SSSR count). The van der Waals surface area contributed by atoms with Gasteiger partial charge in [-0.2, -0.15) is 9.97 Å². The van der Waals surface area contributed by atoms with Crippen molar-refractivity contribution in [2.24, 2.45) is 11.5 Å². The molecule has 0 aliphatic heterocycles. The number of imidazole rings is 1. The molecular weight excluding hydrogens is 388 g/mol. The van der Waals surface area contributed by atoms with E-state index in [9.17, 15) is 0 Å². The molecule has 158 valence electrons. The average Bonchev–Trinajstić information content (AvgIpc) is 3.24. The maximum Gasteiger partial charge on any atom is 0.231 e. The summed E-state index contributed by atoms with van der Waals surface area (Å²) in [5, 5.41) is 6.72. The molecule has 0 unspecified atom stereocenters. The van der Waals surface area contributed by atoms with E-state index >= 15 is 0 Å². The number of H-pyrrole nitrogens is 1. The highest BCUT2D eigenvalue weighted by Gasteiger charge is 2.13. The Morgan fingerprint density at radius 3 is 2.42 bits per heavy atom. The molecule has 2 aromatic carbocycles. The van der Waals surface area contributed by atoms with E-state index in [4.69, 9.17) is 16.5 Å². The zero-order valence-corrected chi connectivity index (χ0v) is 17.6. The van der Waals surface area contributed by atoms with Crippen molar-refractivity contribution in [3.8, 4) is 0 Å². The molecule has 0 aliphatic carbocycles. The summed E-state index contributed by atoms with van der Waals surface area (Å²) in [6.45, 7) is 5.16. The number of nitrogens with one attached hydrogen (secondary N) is 3. The van der Waals surface area contributed by atoms with Crippen molar-refractivity contribution < 1.29 is 0 Å². The van der Waals surface area contributed by atoms with Gasteiger partial charge in [-0.05, 0) is 60.4 Å². The standard InChI is InChI=1S/C23H26N8/c1-14-10-17(4-3-9-24)11-15(2)19(14)29-22-20-21(27-13-26-20)30-23(31-22)28-18-7-5-16(12-25)6-8-18/h3-8,10-11,13H,9,12,24-25H2,1-2H3,(H3,26,27,28,29,30,31)/b4-3+. The molecule has 0 spiro atoms. The van der Waals surface area contributed by atoms with Crippen LogP contribution in [0.25, 0.3) is 17.2 Å². The quantitative estimate of drug-likeness (QED) is 0.310. The van der Waals surface area contributed by atoms with Crippen molar-refractivity contribution in [3.05, 3.63) is 71.1 Å². The lowest BCUT2D eigenvalue weighted by Crippen LogP contribution is -2.04. The second-order valence-corrected chi connectivity index (χ2v) is 7.32. The van der Waals surface area contributed by atoms with Gasteiger partial charge in [0, 0.05) is 24.5 Å². The average molecular weight is 415 g/mol. The Hall–Kier alpha value is -3.75. The number of hydrogen-bond donors (Lipinski definition) is 5. The van der Waals surface area contributed by atoms with Crippen LogP contribution in [0.1, 0.15) is 22.3 Å². The van der Waals surface area contributed by atoms with Gasteiger partial charge >= 0.3 is 0 Å². The van der Waals surface area contributed by atoms with Gasteiger partial charge in [0.1, 0.15) is 5.52 Å². The van der Waals surface area contributed by atoms with Gasteiger partial charge in [0.15, 0.2) is 11.5 Å². The van der Waals surface area contributed by atoms with Crippen LogP contribution >= 0.6 is 0 Å². The van der Waals surface area contributed by atoms with E-state index in [-0.39, 0.29) is 0 Å². The summed E-state index contributed by atoms with van der Waals surface area (Å²) in [6.07, 6.45) is 5.59. The second-order valence-electron chi connectivity index (χ2n) is 7.32. The fourth-order valence-corrected chi connectivity index (χ4v) is 3.45. The Balaban J connectivity index is 1.67. The maximum absolute atomic E-state index is 5.68. The van der Waals surface area contributed by atoms with Crippen molar-refractivity contribution in [1.29, 1.82) is 0 Å². The SMILES string of the molecule is Cc1cc(/C=C/CN)cc(C)c1Nc1nc(Nc2ccc(CN)cc2)nc2nc[nH]c12. The Morgan fingerprint density at radius 1 is 1.00 bits per heavy atom. The van der Waals surface area contributed by atoms with Gasteiger partial charge in [0.25, 0.3) is 0 Å². The third-order valence-electron chi connectivity index (χ3n) is 4.98. The van der Waals surface area contributed by atoms with Gasteiger partial charge < -0.3 is 27.1 Å². The number of aromatic nitrogens is 4. The minimum atomic E-state index is 0.459. The first-order chi connectivity index (χ1) is 15.1. The number of rotatable bonds is 7. The lowest BCUT2D eigenvalue weighted by atomic mass is 10.0. The number of aromatic amines is 1. The fourth-order valence-electron chi connectivity index (χ4n) is 3.45. The largest absolute Gasteiger partial charge is 0.340 e. The van der Waals surface area contributed by atoms with Crippen LogP contribution in [-0.4, -0.2) is 26.5 Å². The minimum absolute atomic E-state index is 0.459. The first kappa shape index (κ1) is 20.5. The number of fused-ring (bicyclic) bond motifs is 1. The molecule has 2 heterocycles. The van der Waals surface area contributed by atoms with Crippen LogP contribution in [0.15, 0.2) is 48.8 Å². The first-order valence-electron chi connectivity index (χ1n) is 10.1. The van der Waals surface area contributed by atoms with E-state index in [1.54, 1.807) is 6.33 Å². The smallest absolute Gasteiger partial charge is 0.231 e. The predicted octanol–water partition coefficient (Wildman–Crippen LogP) is 3.89. The van der Waals surface area contributed by atoms with Gasteiger partial charge in [0.05, 0.1) is 6.33 Å². The lowest BCUT2D eigenvalue weighted by Gasteiger charge is -2.15. The zero-order valence-electron chi connectivity index (χ0n) is 17.6. The molecule has 2 aromatic heterocycles. The summed E-state index contributed by atoms with van der Waals surface area (Å²) in [5.41, 5.74) is 18.8. The Kier molecular flexibility index (Phi) is 5.92. The summed E-state index contributed by atoms with van der Waals surface area (Å²) in [4.78, 5) is 16.7. The van der Waals surface area contributed by atoms with Crippen LogP contribution < -0.4 is 22.1 Å². The predicted molar refractivity (Wildman–Crippen MR) is 127 cm³/mol. The molecule has 0 fully saturated rings. The molecule has 8 heteroatoms. The summed E-state index contributed by atoms with van der Waals surface area (Å²) in [6, 6.07) is 12.1. The van der Waals surface area contributed by atoms with Crippen LogP contribution in [-0.2, 0) is 6.54 Å². The molecule has 0 atom stereocenters. The van der Waals surface area contributed by atoms with Gasteiger partial charge in [-0.15, -0.1) is 0 Å². The van der Waals surface area contributed by atoms with Crippen molar-refractivity contribution >= 4 is 40.4 Å². The Bertz CT molecular complexity index is 1200. The third kappa shape index (κ3) is 4.55. The fraction of sp³-hybridized carbons (Fsp3) is 0.174. The van der Waals surface area contributed by atoms with E-state index in [0.29, 0.717) is 30.5 Å². The van der Waals surface area contributed by atoms with Crippen LogP contribution in [0.5, 0.6) is 0 Å². The van der Waals surface area contributed by atoms with Crippen LogP contribution in [0.2, 0.25) is 0 Å². The van der Waals surface area contributed by atoms with Crippen LogP contribution in [0.3, 0.4) is 0 Å². The first-order valence-corrected chi connectivity index (χ1v) is 10.1. The number of nitrogens with two attached hydrogens (primary N) is 2. The topological polar surface area (TPSA) is 131 Å². The molecular formula is C23H26N8. The maximum atomic E-state index is 5.68. The molecule has 31 heavy (non-hydrogen) atoms. The van der Waals surface area contributed by atoms with Crippen molar-refractivity contribution in [1.82, 2.24) is 19.9 Å². The molecule has 0 saturated carbocycles. The van der Waals surface area contributed by atoms with E-state index in [1.807, 2.05) is 36.4 Å². The number of aryl methyl sites for hydroxylation is 2. The zero-order chi connectivity index (χ0) is 21.8. The highest BCUT2D eigenvalue weighted by molar-refractivity contribution is 5.87. The van der Waals surface area contributed by atoms with E-state index in [2.05, 4.69) is 51.6 Å². The highest BCUT2D eigenvalue weighted by Crippen LogP contribution is 2.29. The molecule has 4 aromatic rings. The molecule has 0 amide bonds. The molecule has 0 radical (unpaired) electrons. The lowest BCUT2D eigenvalue weighted by molar-refractivity contribution is 1.07. The number of benzene rings is 2. The van der Waals surface area contributed by atoms with Crippen molar-refractivity contribution in [2.45, 2.75) is 20.4 Å². The monoisotopic (exact) mass is 414 g/mol. The van der Waals surface area contributed by atoms with Gasteiger partial charge in [-0.3, -0.25) is 0 Å². The number of hydrogen-bond acceptors (Lipinski definition) is 7.